The second-order valence-corrected chi connectivity index (χ2v) is 5.03. The summed E-state index contributed by atoms with van der Waals surface area (Å²) < 4.78 is 0. The summed E-state index contributed by atoms with van der Waals surface area (Å²) in [5.74, 6) is -1.20. The molecule has 2 aromatic rings. The van der Waals surface area contributed by atoms with E-state index in [9.17, 15) is 9.90 Å². The van der Waals surface area contributed by atoms with Gasteiger partial charge < -0.3 is 15.2 Å². The molecule has 3 N–H and O–H groups in total. The molecule has 0 amide bonds. The lowest BCUT2D eigenvalue weighted by atomic mass is 10.1. The number of carbonyl (C=O) groups is 1. The van der Waals surface area contributed by atoms with Crippen molar-refractivity contribution in [3.05, 3.63) is 59.7 Å². The van der Waals surface area contributed by atoms with Crippen molar-refractivity contribution in [2.24, 2.45) is 0 Å². The van der Waals surface area contributed by atoms with Crippen molar-refractivity contribution in [1.29, 1.82) is 0 Å². The van der Waals surface area contributed by atoms with E-state index in [0.29, 0.717) is 10.8 Å². The summed E-state index contributed by atoms with van der Waals surface area (Å²) in [4.78, 5) is 10.6. The standard InChI is InChI=1S/C16H17N3O2S/c1-2-11-3-7-13(8-4-11)17-16(22)19-18-14-9-5-12(6-10-14)15(20)21/h3-10,18H,2H2,1H3,(H,20,21)(H2,17,19,22)/p-1. The first-order valence-corrected chi connectivity index (χ1v) is 7.22. The molecule has 0 radical (unpaired) electrons. The zero-order chi connectivity index (χ0) is 15.9. The van der Waals surface area contributed by atoms with E-state index in [1.165, 1.54) is 17.7 Å². The van der Waals surface area contributed by atoms with E-state index in [4.69, 9.17) is 12.2 Å². The first-order chi connectivity index (χ1) is 10.6. The molecule has 0 aliphatic heterocycles. The Morgan fingerprint density at radius 3 is 2.18 bits per heavy atom. The zero-order valence-corrected chi connectivity index (χ0v) is 12.9. The van der Waals surface area contributed by atoms with E-state index < -0.39 is 5.97 Å². The number of hydrogen-bond donors (Lipinski definition) is 3. The van der Waals surface area contributed by atoms with Crippen LogP contribution in [0.1, 0.15) is 22.8 Å². The summed E-state index contributed by atoms with van der Waals surface area (Å²) in [5, 5.41) is 14.1. The molecule has 0 bridgehead atoms. The number of carboxylic acids is 1. The summed E-state index contributed by atoms with van der Waals surface area (Å²) in [7, 11) is 0. The van der Waals surface area contributed by atoms with Crippen LogP contribution in [0.3, 0.4) is 0 Å². The van der Waals surface area contributed by atoms with Crippen molar-refractivity contribution in [2.45, 2.75) is 13.3 Å². The van der Waals surface area contributed by atoms with Crippen molar-refractivity contribution >= 4 is 34.7 Å². The number of anilines is 2. The second kappa shape index (κ2) is 7.42. The van der Waals surface area contributed by atoms with Crippen LogP contribution in [0.4, 0.5) is 11.4 Å². The largest absolute Gasteiger partial charge is 0.545 e. The molecule has 0 aromatic heterocycles. The fourth-order valence-corrected chi connectivity index (χ4v) is 1.97. The highest BCUT2D eigenvalue weighted by Gasteiger charge is 1.99. The minimum Gasteiger partial charge on any atom is -0.545 e. The van der Waals surface area contributed by atoms with Crippen molar-refractivity contribution in [1.82, 2.24) is 5.43 Å². The van der Waals surface area contributed by atoms with Crippen LogP contribution < -0.4 is 21.3 Å². The third-order valence-corrected chi connectivity index (χ3v) is 3.27. The average molecular weight is 314 g/mol. The van der Waals surface area contributed by atoms with Gasteiger partial charge in [0.25, 0.3) is 0 Å². The normalized spacial score (nSPS) is 9.86. The number of carboxylic acid groups (broad SMARTS) is 1. The number of aryl methyl sites for hydroxylation is 1. The summed E-state index contributed by atoms with van der Waals surface area (Å²) in [6, 6.07) is 14.2. The van der Waals surface area contributed by atoms with Crippen LogP contribution in [-0.4, -0.2) is 11.1 Å². The Labute approximate surface area is 134 Å². The van der Waals surface area contributed by atoms with Gasteiger partial charge in [-0.15, -0.1) is 0 Å². The molecule has 2 rings (SSSR count). The first-order valence-electron chi connectivity index (χ1n) is 6.82. The second-order valence-electron chi connectivity index (χ2n) is 4.62. The van der Waals surface area contributed by atoms with Crippen molar-refractivity contribution in [3.63, 3.8) is 0 Å². The highest BCUT2D eigenvalue weighted by molar-refractivity contribution is 7.80. The molecule has 0 saturated heterocycles. The van der Waals surface area contributed by atoms with Crippen LogP contribution >= 0.6 is 12.2 Å². The van der Waals surface area contributed by atoms with Crippen LogP contribution in [0.25, 0.3) is 0 Å². The maximum atomic E-state index is 10.6. The van der Waals surface area contributed by atoms with Gasteiger partial charge in [0.2, 0.25) is 0 Å². The minimum absolute atomic E-state index is 0.127. The minimum atomic E-state index is -1.20. The molecule has 0 aliphatic rings. The SMILES string of the molecule is CCc1ccc(NC(=S)NNc2ccc(C(=O)[O-])cc2)cc1. The van der Waals surface area contributed by atoms with Gasteiger partial charge in [-0.3, -0.25) is 10.9 Å². The number of nitrogens with one attached hydrogen (secondary N) is 3. The van der Waals surface area contributed by atoms with Gasteiger partial charge in [0.1, 0.15) is 0 Å². The molecule has 0 atom stereocenters. The fourth-order valence-electron chi connectivity index (χ4n) is 1.80. The number of aromatic carboxylic acids is 1. The monoisotopic (exact) mass is 314 g/mol. The maximum absolute atomic E-state index is 10.6. The van der Waals surface area contributed by atoms with Crippen molar-refractivity contribution in [2.75, 3.05) is 10.7 Å². The lowest BCUT2D eigenvalue weighted by Crippen LogP contribution is -2.33. The van der Waals surface area contributed by atoms with Gasteiger partial charge in [-0.1, -0.05) is 31.2 Å². The summed E-state index contributed by atoms with van der Waals surface area (Å²) in [6.07, 6.45) is 0.992. The van der Waals surface area contributed by atoms with Crippen molar-refractivity contribution < 1.29 is 9.90 Å². The van der Waals surface area contributed by atoms with Crippen LogP contribution in [0.5, 0.6) is 0 Å². The molecule has 0 fully saturated rings. The van der Waals surface area contributed by atoms with Crippen molar-refractivity contribution in [3.8, 4) is 0 Å². The molecular weight excluding hydrogens is 298 g/mol. The van der Waals surface area contributed by atoms with Crippen LogP contribution in [0.2, 0.25) is 0 Å². The van der Waals surface area contributed by atoms with E-state index in [0.717, 1.165) is 12.1 Å². The Bertz CT molecular complexity index is 654. The number of carbonyl (C=O) groups excluding carboxylic acids is 1. The number of rotatable bonds is 5. The maximum Gasteiger partial charge on any atom is 0.189 e. The Morgan fingerprint density at radius 1 is 1.05 bits per heavy atom. The molecule has 0 heterocycles. The van der Waals surface area contributed by atoms with Gasteiger partial charge in [-0.2, -0.15) is 0 Å². The van der Waals surface area contributed by atoms with E-state index >= 15 is 0 Å². The molecule has 114 valence electrons. The van der Waals surface area contributed by atoms with Gasteiger partial charge in [0, 0.05) is 5.69 Å². The lowest BCUT2D eigenvalue weighted by molar-refractivity contribution is -0.255. The quantitative estimate of drug-likeness (QED) is 0.578. The molecule has 2 aromatic carbocycles. The van der Waals surface area contributed by atoms with Crippen LogP contribution in [0.15, 0.2) is 48.5 Å². The third kappa shape index (κ3) is 4.46. The zero-order valence-electron chi connectivity index (χ0n) is 12.1. The summed E-state index contributed by atoms with van der Waals surface area (Å²) in [5.41, 5.74) is 8.69. The molecular formula is C16H16N3O2S-. The van der Waals surface area contributed by atoms with E-state index in [-0.39, 0.29) is 5.56 Å². The molecule has 6 heteroatoms. The molecule has 0 spiro atoms. The Kier molecular flexibility index (Phi) is 5.32. The van der Waals surface area contributed by atoms with E-state index in [2.05, 4.69) is 23.1 Å². The van der Waals surface area contributed by atoms with Gasteiger partial charge in [-0.25, -0.2) is 0 Å². The predicted octanol–water partition coefficient (Wildman–Crippen LogP) is 1.93. The highest BCUT2D eigenvalue weighted by atomic mass is 32.1. The number of benzene rings is 2. The topological polar surface area (TPSA) is 76.2 Å². The van der Waals surface area contributed by atoms with Gasteiger partial charge in [0.15, 0.2) is 5.11 Å². The molecule has 5 nitrogen and oxygen atoms in total. The first kappa shape index (κ1) is 15.8. The van der Waals surface area contributed by atoms with Gasteiger partial charge in [0.05, 0.1) is 11.7 Å². The molecule has 22 heavy (non-hydrogen) atoms. The van der Waals surface area contributed by atoms with E-state index in [1.807, 2.05) is 24.3 Å². The fraction of sp³-hybridized carbons (Fsp3) is 0.125. The van der Waals surface area contributed by atoms with Gasteiger partial charge >= 0.3 is 0 Å². The van der Waals surface area contributed by atoms with Gasteiger partial charge in [-0.05, 0) is 54.0 Å². The number of thiocarbonyl (C=S) groups is 1. The summed E-state index contributed by atoms with van der Waals surface area (Å²) in [6.45, 7) is 2.10. The van der Waals surface area contributed by atoms with E-state index in [1.54, 1.807) is 12.1 Å². The summed E-state index contributed by atoms with van der Waals surface area (Å²) >= 11 is 5.17. The molecule has 0 unspecified atom stereocenters. The Morgan fingerprint density at radius 2 is 1.64 bits per heavy atom. The Balaban J connectivity index is 1.85. The van der Waals surface area contributed by atoms with Crippen LogP contribution in [0, 0.1) is 0 Å². The molecule has 0 saturated carbocycles. The smallest absolute Gasteiger partial charge is 0.189 e. The third-order valence-electron chi connectivity index (χ3n) is 3.06. The highest BCUT2D eigenvalue weighted by Crippen LogP contribution is 2.10. The number of hydrazine groups is 1. The lowest BCUT2D eigenvalue weighted by Gasteiger charge is -2.13. The Hall–Kier alpha value is -2.60. The predicted molar refractivity (Wildman–Crippen MR) is 89.6 cm³/mol. The number of hydrogen-bond acceptors (Lipinski definition) is 4. The molecule has 0 aliphatic carbocycles. The van der Waals surface area contributed by atoms with Crippen LogP contribution in [-0.2, 0) is 6.42 Å². The average Bonchev–Trinajstić information content (AvgIpc) is 2.54.